The number of hydrogen-bond acceptors (Lipinski definition) is 6. The largest absolute Gasteiger partial charge is 0.456 e. The number of nitro benzene ring substituents is 1. The smallest absolute Gasteiger partial charge is 0.355 e. The fourth-order valence-electron chi connectivity index (χ4n) is 2.77. The molecule has 0 aromatic heterocycles. The minimum atomic E-state index is -0.618. The van der Waals surface area contributed by atoms with Crippen molar-refractivity contribution in [2.24, 2.45) is 0 Å². The molecule has 2 heterocycles. The van der Waals surface area contributed by atoms with E-state index >= 15 is 0 Å². The SMILES string of the molecule is O=C(OCc1ccc([N+](=O)[O-])cc1)C1=CCC2/C(=C\CO)C(=O)N12. The minimum Gasteiger partial charge on any atom is -0.456 e. The van der Waals surface area contributed by atoms with E-state index in [4.69, 9.17) is 9.84 Å². The van der Waals surface area contributed by atoms with Gasteiger partial charge < -0.3 is 9.84 Å². The number of ether oxygens (including phenoxy) is 1. The molecule has 0 spiro atoms. The highest BCUT2D eigenvalue weighted by Crippen LogP contribution is 2.38. The normalized spacial score (nSPS) is 20.5. The molecule has 2 aliphatic heterocycles. The van der Waals surface area contributed by atoms with Gasteiger partial charge >= 0.3 is 5.97 Å². The number of carbonyl (C=O) groups excluding carboxylic acids is 2. The second-order valence-electron chi connectivity index (χ2n) is 5.36. The molecule has 8 nitrogen and oxygen atoms in total. The lowest BCUT2D eigenvalue weighted by Gasteiger charge is -2.38. The van der Waals surface area contributed by atoms with E-state index in [1.54, 1.807) is 6.08 Å². The van der Waals surface area contributed by atoms with E-state index < -0.39 is 10.9 Å². The van der Waals surface area contributed by atoms with Crippen LogP contribution in [0.4, 0.5) is 5.69 Å². The summed E-state index contributed by atoms with van der Waals surface area (Å²) in [5.41, 5.74) is 1.27. The van der Waals surface area contributed by atoms with Gasteiger partial charge in [-0.15, -0.1) is 0 Å². The summed E-state index contributed by atoms with van der Waals surface area (Å²) in [5, 5.41) is 19.5. The van der Waals surface area contributed by atoms with Gasteiger partial charge in [0.15, 0.2) is 0 Å². The first kappa shape index (κ1) is 15.9. The van der Waals surface area contributed by atoms with Crippen LogP contribution in [0.3, 0.4) is 0 Å². The molecule has 0 radical (unpaired) electrons. The highest BCUT2D eigenvalue weighted by Gasteiger charge is 2.48. The third kappa shape index (κ3) is 2.67. The summed E-state index contributed by atoms with van der Waals surface area (Å²) in [6.07, 6.45) is 3.60. The van der Waals surface area contributed by atoms with Gasteiger partial charge in [-0.05, 0) is 30.2 Å². The van der Waals surface area contributed by atoms with Crippen LogP contribution in [0.15, 0.2) is 47.7 Å². The fourth-order valence-corrected chi connectivity index (χ4v) is 2.77. The number of carbonyl (C=O) groups is 2. The number of rotatable bonds is 5. The second kappa shape index (κ2) is 6.25. The first-order valence-electron chi connectivity index (χ1n) is 7.28. The molecule has 8 heteroatoms. The lowest BCUT2D eigenvalue weighted by atomic mass is 9.94. The van der Waals surface area contributed by atoms with Crippen molar-refractivity contribution in [3.05, 3.63) is 63.4 Å². The van der Waals surface area contributed by atoms with Crippen molar-refractivity contribution in [1.82, 2.24) is 4.90 Å². The number of aliphatic hydroxyl groups is 1. The van der Waals surface area contributed by atoms with Crippen LogP contribution in [0.2, 0.25) is 0 Å². The maximum absolute atomic E-state index is 12.1. The molecule has 1 N–H and O–H groups in total. The van der Waals surface area contributed by atoms with Gasteiger partial charge in [0.25, 0.3) is 11.6 Å². The molecule has 2 aliphatic rings. The van der Waals surface area contributed by atoms with Crippen LogP contribution in [0, 0.1) is 10.1 Å². The predicted octanol–water partition coefficient (Wildman–Crippen LogP) is 1.06. The van der Waals surface area contributed by atoms with Crippen LogP contribution in [0.25, 0.3) is 0 Å². The van der Waals surface area contributed by atoms with Crippen LogP contribution < -0.4 is 0 Å². The quantitative estimate of drug-likeness (QED) is 0.284. The van der Waals surface area contributed by atoms with Crippen molar-refractivity contribution >= 4 is 17.6 Å². The number of nitro groups is 1. The van der Waals surface area contributed by atoms with Crippen LogP contribution in [0.5, 0.6) is 0 Å². The van der Waals surface area contributed by atoms with Gasteiger partial charge in [0.1, 0.15) is 12.3 Å². The summed E-state index contributed by atoms with van der Waals surface area (Å²) >= 11 is 0. The van der Waals surface area contributed by atoms with E-state index in [9.17, 15) is 19.7 Å². The molecule has 1 aromatic rings. The molecule has 1 amide bonds. The number of amides is 1. The number of hydrogen-bond donors (Lipinski definition) is 1. The fraction of sp³-hybridized carbons (Fsp3) is 0.250. The average Bonchev–Trinajstić information content (AvgIpc) is 2.98. The molecule has 1 unspecified atom stereocenters. The molecule has 124 valence electrons. The van der Waals surface area contributed by atoms with E-state index in [1.165, 1.54) is 35.2 Å². The number of esters is 1. The summed E-state index contributed by atoms with van der Waals surface area (Å²) in [6.45, 7) is -0.258. The third-order valence-electron chi connectivity index (χ3n) is 3.97. The average molecular weight is 330 g/mol. The Morgan fingerprint density at radius 1 is 1.42 bits per heavy atom. The van der Waals surface area contributed by atoms with E-state index in [1.807, 2.05) is 0 Å². The Morgan fingerprint density at radius 3 is 2.75 bits per heavy atom. The zero-order valence-corrected chi connectivity index (χ0v) is 12.5. The van der Waals surface area contributed by atoms with Crippen molar-refractivity contribution < 1.29 is 24.4 Å². The van der Waals surface area contributed by atoms with Gasteiger partial charge in [-0.25, -0.2) is 4.79 Å². The second-order valence-corrected chi connectivity index (χ2v) is 5.36. The lowest BCUT2D eigenvalue weighted by molar-refractivity contribution is -0.384. The molecular formula is C16H14N2O6. The predicted molar refractivity (Wildman–Crippen MR) is 81.4 cm³/mol. The van der Waals surface area contributed by atoms with Gasteiger partial charge in [-0.3, -0.25) is 19.8 Å². The van der Waals surface area contributed by atoms with Gasteiger partial charge in [0.05, 0.1) is 17.6 Å². The Labute approximate surface area is 136 Å². The van der Waals surface area contributed by atoms with Gasteiger partial charge in [-0.2, -0.15) is 0 Å². The van der Waals surface area contributed by atoms with E-state index in [2.05, 4.69) is 0 Å². The Balaban J connectivity index is 1.59. The van der Waals surface area contributed by atoms with Crippen LogP contribution >= 0.6 is 0 Å². The number of aliphatic hydroxyl groups excluding tert-OH is 1. The monoisotopic (exact) mass is 330 g/mol. The van der Waals surface area contributed by atoms with Crippen LogP contribution in [-0.4, -0.2) is 39.5 Å². The molecule has 1 atom stereocenters. The first-order valence-corrected chi connectivity index (χ1v) is 7.28. The molecular weight excluding hydrogens is 316 g/mol. The van der Waals surface area contributed by atoms with Crippen LogP contribution in [0.1, 0.15) is 12.0 Å². The number of fused-ring (bicyclic) bond motifs is 1. The number of non-ortho nitro benzene ring substituents is 1. The van der Waals surface area contributed by atoms with Crippen molar-refractivity contribution in [1.29, 1.82) is 0 Å². The lowest BCUT2D eigenvalue weighted by Crippen LogP contribution is -2.52. The van der Waals surface area contributed by atoms with E-state index in [-0.39, 0.29) is 36.5 Å². The van der Waals surface area contributed by atoms with E-state index in [0.29, 0.717) is 17.6 Å². The molecule has 1 aromatic carbocycles. The summed E-state index contributed by atoms with van der Waals surface area (Å²) in [5.74, 6) is -0.919. The maximum Gasteiger partial charge on any atom is 0.355 e. The van der Waals surface area contributed by atoms with Crippen molar-refractivity contribution in [3.8, 4) is 0 Å². The first-order chi connectivity index (χ1) is 11.5. The zero-order valence-electron chi connectivity index (χ0n) is 12.5. The van der Waals surface area contributed by atoms with E-state index in [0.717, 1.165) is 0 Å². The molecule has 0 saturated carbocycles. The molecule has 1 saturated heterocycles. The number of nitrogens with zero attached hydrogens (tertiary/aromatic N) is 2. The molecule has 24 heavy (non-hydrogen) atoms. The highest BCUT2D eigenvalue weighted by molar-refractivity contribution is 6.08. The summed E-state index contributed by atoms with van der Waals surface area (Å²) in [7, 11) is 0. The summed E-state index contributed by atoms with van der Waals surface area (Å²) in [4.78, 5) is 35.5. The Bertz CT molecular complexity index is 765. The van der Waals surface area contributed by atoms with Gasteiger partial charge in [0.2, 0.25) is 0 Å². The molecule has 1 fully saturated rings. The molecule has 0 bridgehead atoms. The standard InChI is InChI=1S/C16H14N2O6/c19-8-7-12-13-5-6-14(17(13)15(12)20)16(21)24-9-10-1-3-11(4-2-10)18(22)23/h1-4,6-7,13,19H,5,8-9H2/b12-7+. The Kier molecular flexibility index (Phi) is 4.13. The van der Waals surface area contributed by atoms with Crippen LogP contribution in [-0.2, 0) is 20.9 Å². The Morgan fingerprint density at radius 2 is 2.12 bits per heavy atom. The number of benzene rings is 1. The zero-order chi connectivity index (χ0) is 17.3. The molecule has 0 aliphatic carbocycles. The number of β-lactam (4-membered cyclic amide) rings is 1. The van der Waals surface area contributed by atoms with Gasteiger partial charge in [0, 0.05) is 17.7 Å². The maximum atomic E-state index is 12.1. The molecule has 3 rings (SSSR count). The minimum absolute atomic E-state index is 0.0409. The van der Waals surface area contributed by atoms with Crippen molar-refractivity contribution in [2.75, 3.05) is 6.61 Å². The highest BCUT2D eigenvalue weighted by atomic mass is 16.6. The summed E-state index contributed by atoms with van der Waals surface area (Å²) < 4.78 is 5.17. The third-order valence-corrected chi connectivity index (χ3v) is 3.97. The van der Waals surface area contributed by atoms with Gasteiger partial charge in [-0.1, -0.05) is 6.08 Å². The van der Waals surface area contributed by atoms with Crippen molar-refractivity contribution in [2.45, 2.75) is 19.1 Å². The Hall–Kier alpha value is -3.00. The topological polar surface area (TPSA) is 110 Å². The summed E-state index contributed by atoms with van der Waals surface area (Å²) in [6, 6.07) is 5.48. The van der Waals surface area contributed by atoms with Crippen molar-refractivity contribution in [3.63, 3.8) is 0 Å².